The van der Waals surface area contributed by atoms with Crippen LogP contribution in [0.25, 0.3) is 11.4 Å². The normalized spacial score (nSPS) is 23.1. The zero-order valence-electron chi connectivity index (χ0n) is 11.5. The molecule has 2 heterocycles. The topological polar surface area (TPSA) is 53.6 Å². The van der Waals surface area contributed by atoms with Crippen LogP contribution in [0.1, 0.15) is 26.1 Å². The van der Waals surface area contributed by atoms with Crippen LogP contribution in [-0.4, -0.2) is 28.3 Å². The van der Waals surface area contributed by atoms with Gasteiger partial charge in [0.15, 0.2) is 5.82 Å². The number of hydrogen-bond donors (Lipinski definition) is 2. The molecule has 0 amide bonds. The van der Waals surface area contributed by atoms with Gasteiger partial charge in [-0.1, -0.05) is 44.2 Å². The van der Waals surface area contributed by atoms with Crippen LogP contribution in [0.5, 0.6) is 0 Å². The van der Waals surface area contributed by atoms with Gasteiger partial charge in [0.2, 0.25) is 0 Å². The van der Waals surface area contributed by atoms with E-state index in [4.69, 9.17) is 4.98 Å². The van der Waals surface area contributed by atoms with E-state index >= 15 is 0 Å². The summed E-state index contributed by atoms with van der Waals surface area (Å²) in [5.74, 6) is 2.35. The molecule has 1 aliphatic heterocycles. The molecule has 0 spiro atoms. The molecule has 3 rings (SSSR count). The molecular formula is C15H20N4. The van der Waals surface area contributed by atoms with Gasteiger partial charge in [-0.25, -0.2) is 4.98 Å². The van der Waals surface area contributed by atoms with Gasteiger partial charge >= 0.3 is 0 Å². The lowest BCUT2D eigenvalue weighted by molar-refractivity contribution is 0.318. The Labute approximate surface area is 113 Å². The molecular weight excluding hydrogens is 236 g/mol. The Bertz CT molecular complexity index is 538. The van der Waals surface area contributed by atoms with Crippen LogP contribution in [0.4, 0.5) is 0 Å². The van der Waals surface area contributed by atoms with Gasteiger partial charge in [0, 0.05) is 17.5 Å². The molecule has 1 aromatic carbocycles. The van der Waals surface area contributed by atoms with Crippen LogP contribution in [-0.2, 0) is 5.41 Å². The summed E-state index contributed by atoms with van der Waals surface area (Å²) < 4.78 is 0. The van der Waals surface area contributed by atoms with E-state index in [1.165, 1.54) is 0 Å². The number of aromatic nitrogens is 3. The summed E-state index contributed by atoms with van der Waals surface area (Å²) in [6.45, 7) is 6.56. The molecule has 0 aliphatic carbocycles. The van der Waals surface area contributed by atoms with E-state index in [9.17, 15) is 0 Å². The van der Waals surface area contributed by atoms with Crippen molar-refractivity contribution >= 4 is 0 Å². The molecule has 1 unspecified atom stereocenters. The zero-order valence-corrected chi connectivity index (χ0v) is 11.5. The second kappa shape index (κ2) is 4.78. The maximum Gasteiger partial charge on any atom is 0.181 e. The Morgan fingerprint density at radius 3 is 2.63 bits per heavy atom. The highest BCUT2D eigenvalue weighted by Gasteiger charge is 2.41. The number of hydrogen-bond acceptors (Lipinski definition) is 3. The second-order valence-electron chi connectivity index (χ2n) is 5.61. The molecule has 0 bridgehead atoms. The molecule has 1 saturated heterocycles. The van der Waals surface area contributed by atoms with Crippen molar-refractivity contribution in [1.82, 2.24) is 20.5 Å². The van der Waals surface area contributed by atoms with Crippen molar-refractivity contribution < 1.29 is 0 Å². The van der Waals surface area contributed by atoms with Gasteiger partial charge in [0.25, 0.3) is 0 Å². The van der Waals surface area contributed by atoms with Gasteiger partial charge in [-0.15, -0.1) is 0 Å². The third-order valence-electron chi connectivity index (χ3n) is 4.28. The van der Waals surface area contributed by atoms with E-state index in [1.807, 2.05) is 30.3 Å². The minimum Gasteiger partial charge on any atom is -0.316 e. The summed E-state index contributed by atoms with van der Waals surface area (Å²) in [7, 11) is 0. The molecule has 4 heteroatoms. The van der Waals surface area contributed by atoms with Crippen LogP contribution in [0, 0.1) is 5.92 Å². The first-order chi connectivity index (χ1) is 9.22. The quantitative estimate of drug-likeness (QED) is 0.886. The summed E-state index contributed by atoms with van der Waals surface area (Å²) in [5, 5.41) is 11.0. The maximum atomic E-state index is 4.75. The molecule has 100 valence electrons. The van der Waals surface area contributed by atoms with Crippen molar-refractivity contribution in [3.8, 4) is 11.4 Å². The number of nitrogens with zero attached hydrogens (tertiary/aromatic N) is 2. The highest BCUT2D eigenvalue weighted by atomic mass is 15.2. The van der Waals surface area contributed by atoms with Gasteiger partial charge in [-0.3, -0.25) is 5.10 Å². The molecule has 1 fully saturated rings. The monoisotopic (exact) mass is 256 g/mol. The van der Waals surface area contributed by atoms with Crippen molar-refractivity contribution in [2.45, 2.75) is 25.7 Å². The fourth-order valence-electron chi connectivity index (χ4n) is 2.88. The first kappa shape index (κ1) is 12.4. The summed E-state index contributed by atoms with van der Waals surface area (Å²) >= 11 is 0. The predicted octanol–water partition coefficient (Wildman–Crippen LogP) is 2.36. The highest BCUT2D eigenvalue weighted by molar-refractivity contribution is 5.54. The number of benzene rings is 1. The van der Waals surface area contributed by atoms with Gasteiger partial charge in [0.05, 0.1) is 0 Å². The van der Waals surface area contributed by atoms with Crippen LogP contribution in [0.15, 0.2) is 30.3 Å². The first-order valence-electron chi connectivity index (χ1n) is 6.91. The van der Waals surface area contributed by atoms with Crippen LogP contribution >= 0.6 is 0 Å². The Morgan fingerprint density at radius 2 is 2.00 bits per heavy atom. The molecule has 0 radical (unpaired) electrons. The third-order valence-corrected chi connectivity index (χ3v) is 4.28. The lowest BCUT2D eigenvalue weighted by Gasteiger charge is -2.29. The Balaban J connectivity index is 1.97. The van der Waals surface area contributed by atoms with Crippen molar-refractivity contribution in [3.05, 3.63) is 36.2 Å². The van der Waals surface area contributed by atoms with Crippen LogP contribution in [0.2, 0.25) is 0 Å². The van der Waals surface area contributed by atoms with Crippen molar-refractivity contribution in [1.29, 1.82) is 0 Å². The van der Waals surface area contributed by atoms with E-state index in [1.54, 1.807) is 0 Å². The standard InChI is InChI=1S/C15H20N4/c1-11(2)15(8-9-16-10-15)14-17-13(18-19-14)12-6-4-3-5-7-12/h3-7,11,16H,8-10H2,1-2H3,(H,17,18,19). The molecule has 19 heavy (non-hydrogen) atoms. The first-order valence-corrected chi connectivity index (χ1v) is 6.91. The van der Waals surface area contributed by atoms with Crippen molar-refractivity contribution in [2.24, 2.45) is 5.92 Å². The van der Waals surface area contributed by atoms with E-state index in [0.717, 1.165) is 36.7 Å². The van der Waals surface area contributed by atoms with Gasteiger partial charge in [-0.2, -0.15) is 5.10 Å². The average Bonchev–Trinajstić information content (AvgIpc) is 3.09. The number of rotatable bonds is 3. The lowest BCUT2D eigenvalue weighted by Crippen LogP contribution is -2.36. The SMILES string of the molecule is CC(C)C1(c2nc(-c3ccccc3)n[nH]2)CCNC1. The Morgan fingerprint density at radius 1 is 1.21 bits per heavy atom. The number of aromatic amines is 1. The molecule has 2 N–H and O–H groups in total. The minimum absolute atomic E-state index is 0.0973. The van der Waals surface area contributed by atoms with Crippen LogP contribution in [0.3, 0.4) is 0 Å². The lowest BCUT2D eigenvalue weighted by atomic mass is 9.76. The van der Waals surface area contributed by atoms with E-state index in [2.05, 4.69) is 29.4 Å². The summed E-state index contributed by atoms with van der Waals surface area (Å²) in [4.78, 5) is 4.75. The Kier molecular flexibility index (Phi) is 3.11. The third kappa shape index (κ3) is 2.06. The smallest absolute Gasteiger partial charge is 0.181 e. The molecule has 2 aromatic rings. The highest BCUT2D eigenvalue weighted by Crippen LogP contribution is 2.36. The van der Waals surface area contributed by atoms with E-state index in [0.29, 0.717) is 5.92 Å². The van der Waals surface area contributed by atoms with Crippen molar-refractivity contribution in [2.75, 3.05) is 13.1 Å². The van der Waals surface area contributed by atoms with E-state index < -0.39 is 0 Å². The Hall–Kier alpha value is -1.68. The van der Waals surface area contributed by atoms with Gasteiger partial charge in [-0.05, 0) is 18.9 Å². The second-order valence-corrected chi connectivity index (χ2v) is 5.61. The molecule has 0 saturated carbocycles. The summed E-state index contributed by atoms with van der Waals surface area (Å²) in [6.07, 6.45) is 1.12. The number of nitrogens with one attached hydrogen (secondary N) is 2. The zero-order chi connectivity index (χ0) is 13.3. The molecule has 1 atom stereocenters. The number of H-pyrrole nitrogens is 1. The fraction of sp³-hybridized carbons (Fsp3) is 0.467. The average molecular weight is 256 g/mol. The molecule has 1 aliphatic rings. The minimum atomic E-state index is 0.0973. The molecule has 1 aromatic heterocycles. The fourth-order valence-corrected chi connectivity index (χ4v) is 2.88. The molecule has 4 nitrogen and oxygen atoms in total. The predicted molar refractivity (Wildman–Crippen MR) is 75.8 cm³/mol. The summed E-state index contributed by atoms with van der Waals surface area (Å²) in [6, 6.07) is 10.1. The largest absolute Gasteiger partial charge is 0.316 e. The van der Waals surface area contributed by atoms with Gasteiger partial charge < -0.3 is 5.32 Å². The van der Waals surface area contributed by atoms with Crippen LogP contribution < -0.4 is 5.32 Å². The maximum absolute atomic E-state index is 4.75. The summed E-state index contributed by atoms with van der Waals surface area (Å²) in [5.41, 5.74) is 1.16. The van der Waals surface area contributed by atoms with E-state index in [-0.39, 0.29) is 5.41 Å². The van der Waals surface area contributed by atoms with Gasteiger partial charge in [0.1, 0.15) is 5.82 Å². The van der Waals surface area contributed by atoms with Crippen molar-refractivity contribution in [3.63, 3.8) is 0 Å².